The van der Waals surface area contributed by atoms with Crippen molar-refractivity contribution in [2.75, 3.05) is 0 Å². The molecule has 1 amide bonds. The van der Waals surface area contributed by atoms with Crippen molar-refractivity contribution < 1.29 is 14.7 Å². The highest BCUT2D eigenvalue weighted by Crippen LogP contribution is 2.18. The second-order valence-electron chi connectivity index (χ2n) is 6.18. The van der Waals surface area contributed by atoms with Crippen LogP contribution in [0.5, 0.6) is 0 Å². The summed E-state index contributed by atoms with van der Waals surface area (Å²) in [5.74, 6) is -0.549. The average molecular weight is 328 g/mol. The largest absolute Gasteiger partial charge is 0.391 e. The van der Waals surface area contributed by atoms with Crippen molar-refractivity contribution in [1.82, 2.24) is 9.72 Å². The average Bonchev–Trinajstić information content (AvgIpc) is 2.80. The van der Waals surface area contributed by atoms with Crippen molar-refractivity contribution in [2.45, 2.75) is 44.2 Å². The molecule has 2 aromatic rings. The van der Waals surface area contributed by atoms with Gasteiger partial charge in [-0.1, -0.05) is 25.3 Å². The summed E-state index contributed by atoms with van der Waals surface area (Å²) in [7, 11) is 0. The Morgan fingerprint density at radius 1 is 1.25 bits per heavy atom. The lowest BCUT2D eigenvalue weighted by Crippen LogP contribution is -2.44. The highest BCUT2D eigenvalue weighted by Gasteiger charge is 2.25. The van der Waals surface area contributed by atoms with Crippen LogP contribution in [0.3, 0.4) is 0 Å². The second-order valence-corrected chi connectivity index (χ2v) is 6.18. The first-order chi connectivity index (χ1) is 11.6. The summed E-state index contributed by atoms with van der Waals surface area (Å²) in [6.07, 6.45) is 5.76. The van der Waals surface area contributed by atoms with E-state index in [2.05, 4.69) is 5.32 Å². The third kappa shape index (κ3) is 3.10. The number of nitrogens with one attached hydrogen (secondary N) is 1. The molecule has 1 aliphatic carbocycles. The molecule has 3 rings (SSSR count). The molecule has 0 spiro atoms. The van der Waals surface area contributed by atoms with Gasteiger partial charge in [-0.05, 0) is 31.0 Å². The summed E-state index contributed by atoms with van der Waals surface area (Å²) in [6.45, 7) is 0. The van der Waals surface area contributed by atoms with Gasteiger partial charge < -0.3 is 10.4 Å². The van der Waals surface area contributed by atoms with Gasteiger partial charge in [0, 0.05) is 11.8 Å². The standard InChI is InChI=1S/C18H20N2O4/c21-11-12-10-13(18(24)20-9-5-4-7-15(12)20)17(23)19-14-6-2-1-3-8-16(14)22/h4-5,7,9-11,14,16,22H,1-3,6,8H2,(H,19,23)/t14?,16-/m0/s1. The Labute approximate surface area is 139 Å². The molecule has 24 heavy (non-hydrogen) atoms. The molecule has 6 nitrogen and oxygen atoms in total. The van der Waals surface area contributed by atoms with Crippen LogP contribution in [0, 0.1) is 0 Å². The van der Waals surface area contributed by atoms with E-state index >= 15 is 0 Å². The summed E-state index contributed by atoms with van der Waals surface area (Å²) >= 11 is 0. The summed E-state index contributed by atoms with van der Waals surface area (Å²) in [6, 6.07) is 6.00. The summed E-state index contributed by atoms with van der Waals surface area (Å²) in [5.41, 5.74) is 0.180. The van der Waals surface area contributed by atoms with E-state index in [0.29, 0.717) is 24.6 Å². The molecular formula is C18H20N2O4. The zero-order chi connectivity index (χ0) is 17.1. The van der Waals surface area contributed by atoms with Gasteiger partial charge >= 0.3 is 0 Å². The molecule has 126 valence electrons. The van der Waals surface area contributed by atoms with Crippen LogP contribution in [-0.4, -0.2) is 33.8 Å². The maximum absolute atomic E-state index is 12.6. The molecular weight excluding hydrogens is 308 g/mol. The van der Waals surface area contributed by atoms with E-state index in [9.17, 15) is 19.5 Å². The molecule has 0 saturated heterocycles. The zero-order valence-electron chi connectivity index (χ0n) is 13.3. The van der Waals surface area contributed by atoms with Crippen LogP contribution in [0.4, 0.5) is 0 Å². The van der Waals surface area contributed by atoms with Crippen LogP contribution in [0.2, 0.25) is 0 Å². The molecule has 1 fully saturated rings. The van der Waals surface area contributed by atoms with Crippen molar-refractivity contribution in [3.8, 4) is 0 Å². The van der Waals surface area contributed by atoms with Crippen molar-refractivity contribution in [1.29, 1.82) is 0 Å². The second kappa shape index (κ2) is 6.97. The van der Waals surface area contributed by atoms with E-state index in [4.69, 9.17) is 0 Å². The Morgan fingerprint density at radius 3 is 2.83 bits per heavy atom. The number of aromatic nitrogens is 1. The van der Waals surface area contributed by atoms with Crippen LogP contribution in [0.1, 0.15) is 52.8 Å². The lowest BCUT2D eigenvalue weighted by atomic mass is 10.1. The third-order valence-electron chi connectivity index (χ3n) is 4.57. The van der Waals surface area contributed by atoms with E-state index in [0.717, 1.165) is 19.3 Å². The highest BCUT2D eigenvalue weighted by molar-refractivity contribution is 5.97. The first kappa shape index (κ1) is 16.4. The number of aliphatic hydroxyl groups excluding tert-OH is 1. The number of pyridine rings is 2. The number of hydrogen-bond acceptors (Lipinski definition) is 4. The maximum Gasteiger partial charge on any atom is 0.267 e. The van der Waals surface area contributed by atoms with Crippen LogP contribution in [0.25, 0.3) is 5.52 Å². The molecule has 0 aromatic carbocycles. The Kier molecular flexibility index (Phi) is 4.76. The monoisotopic (exact) mass is 328 g/mol. The summed E-state index contributed by atoms with van der Waals surface area (Å²) in [4.78, 5) is 36.4. The molecule has 1 aliphatic rings. The molecule has 2 atom stereocenters. The van der Waals surface area contributed by atoms with E-state index in [1.807, 2.05) is 0 Å². The fourth-order valence-corrected chi connectivity index (χ4v) is 3.24. The van der Waals surface area contributed by atoms with Crippen molar-refractivity contribution in [3.63, 3.8) is 0 Å². The van der Waals surface area contributed by atoms with Gasteiger partial charge in [-0.15, -0.1) is 0 Å². The zero-order valence-corrected chi connectivity index (χ0v) is 13.3. The van der Waals surface area contributed by atoms with Crippen molar-refractivity contribution >= 4 is 17.7 Å². The molecule has 2 aromatic heterocycles. The number of aliphatic hydroxyl groups is 1. The van der Waals surface area contributed by atoms with E-state index in [1.54, 1.807) is 18.2 Å². The van der Waals surface area contributed by atoms with Gasteiger partial charge in [-0.25, -0.2) is 0 Å². The van der Waals surface area contributed by atoms with Crippen LogP contribution < -0.4 is 10.9 Å². The Hall–Kier alpha value is -2.47. The molecule has 2 N–H and O–H groups in total. The fourth-order valence-electron chi connectivity index (χ4n) is 3.24. The van der Waals surface area contributed by atoms with Gasteiger partial charge in [0.05, 0.1) is 17.7 Å². The van der Waals surface area contributed by atoms with Gasteiger partial charge in [0.2, 0.25) is 0 Å². The topological polar surface area (TPSA) is 87.9 Å². The number of carbonyl (C=O) groups excluding carboxylic acids is 2. The minimum atomic E-state index is -0.606. The predicted octanol–water partition coefficient (Wildman–Crippen LogP) is 1.54. The SMILES string of the molecule is O=Cc1cc(C(=O)NC2CCCCC[C@@H]2O)c(=O)n2ccccc12. The fraction of sp³-hybridized carbons (Fsp3) is 0.389. The summed E-state index contributed by atoms with van der Waals surface area (Å²) in [5, 5.41) is 12.9. The molecule has 2 heterocycles. The molecule has 1 saturated carbocycles. The quantitative estimate of drug-likeness (QED) is 0.661. The number of nitrogens with zero attached hydrogens (tertiary/aromatic N) is 1. The van der Waals surface area contributed by atoms with Gasteiger partial charge in [-0.3, -0.25) is 18.8 Å². The van der Waals surface area contributed by atoms with Gasteiger partial charge in [0.1, 0.15) is 5.56 Å². The number of aldehydes is 1. The number of rotatable bonds is 3. The number of hydrogen-bond donors (Lipinski definition) is 2. The third-order valence-corrected chi connectivity index (χ3v) is 4.57. The highest BCUT2D eigenvalue weighted by atomic mass is 16.3. The smallest absolute Gasteiger partial charge is 0.267 e. The summed E-state index contributed by atoms with van der Waals surface area (Å²) < 4.78 is 1.29. The minimum absolute atomic E-state index is 0.0859. The van der Waals surface area contributed by atoms with E-state index < -0.39 is 17.6 Å². The van der Waals surface area contributed by atoms with Crippen LogP contribution in [-0.2, 0) is 0 Å². The lowest BCUT2D eigenvalue weighted by molar-refractivity contribution is 0.0817. The van der Waals surface area contributed by atoms with Gasteiger partial charge in [0.25, 0.3) is 11.5 Å². The van der Waals surface area contributed by atoms with Crippen molar-refractivity contribution in [3.05, 3.63) is 51.9 Å². The Balaban J connectivity index is 1.96. The number of amides is 1. The molecule has 0 bridgehead atoms. The number of carbonyl (C=O) groups is 2. The Morgan fingerprint density at radius 2 is 2.04 bits per heavy atom. The molecule has 1 unspecified atom stereocenters. The first-order valence-electron chi connectivity index (χ1n) is 8.20. The first-order valence-corrected chi connectivity index (χ1v) is 8.20. The normalized spacial score (nSPS) is 21.2. The van der Waals surface area contributed by atoms with Crippen LogP contribution >= 0.6 is 0 Å². The van der Waals surface area contributed by atoms with Gasteiger partial charge in [-0.2, -0.15) is 0 Å². The minimum Gasteiger partial charge on any atom is -0.391 e. The number of fused-ring (bicyclic) bond motifs is 1. The van der Waals surface area contributed by atoms with Gasteiger partial charge in [0.15, 0.2) is 6.29 Å². The molecule has 6 heteroatoms. The molecule has 0 aliphatic heterocycles. The maximum atomic E-state index is 12.6. The van der Waals surface area contributed by atoms with Crippen molar-refractivity contribution in [2.24, 2.45) is 0 Å². The predicted molar refractivity (Wildman–Crippen MR) is 89.4 cm³/mol. The van der Waals surface area contributed by atoms with E-state index in [1.165, 1.54) is 16.7 Å². The van der Waals surface area contributed by atoms with E-state index in [-0.39, 0.29) is 17.2 Å². The molecule has 0 radical (unpaired) electrons. The lowest BCUT2D eigenvalue weighted by Gasteiger charge is -2.21. The Bertz CT molecular complexity index is 827. The van der Waals surface area contributed by atoms with Crippen LogP contribution in [0.15, 0.2) is 35.3 Å².